The Balaban J connectivity index is 2.01. The van der Waals surface area contributed by atoms with Crippen molar-refractivity contribution in [3.8, 4) is 11.8 Å². The SMILES string of the molecule is CN(C)c1cc(CCCNS(C)(=O)=O)c(O)c2c1C[C@@]1(N)C[C@@]3(N)[C@H](N(C)C)C(=O)C(C(N)=O)=C(O)[C@@]3(C#N)C(=O)C1=C2O. The number of nitriles is 1. The zero-order valence-electron chi connectivity index (χ0n) is 25.1. The first-order chi connectivity index (χ1) is 20.2. The molecule has 1 fully saturated rings. The highest BCUT2D eigenvalue weighted by atomic mass is 32.2. The second-order valence-electron chi connectivity index (χ2n) is 12.2. The van der Waals surface area contributed by atoms with Gasteiger partial charge in [-0.1, -0.05) is 0 Å². The molecular weight excluding hydrogens is 594 g/mol. The summed E-state index contributed by atoms with van der Waals surface area (Å²) in [5, 5.41) is 45.0. The Bertz CT molecular complexity index is 1710. The number of carbonyl (C=O) groups excluding carboxylic acids is 3. The minimum Gasteiger partial charge on any atom is -0.509 e. The fourth-order valence-electron chi connectivity index (χ4n) is 7.06. The number of ketones is 2. The summed E-state index contributed by atoms with van der Waals surface area (Å²) < 4.78 is 25.3. The molecule has 0 heterocycles. The van der Waals surface area contributed by atoms with E-state index in [2.05, 4.69) is 4.72 Å². The van der Waals surface area contributed by atoms with E-state index in [-0.39, 0.29) is 37.1 Å². The third-order valence-electron chi connectivity index (χ3n) is 8.77. The topological polar surface area (TPSA) is 266 Å². The van der Waals surface area contributed by atoms with Crippen molar-refractivity contribution in [1.82, 2.24) is 9.62 Å². The van der Waals surface area contributed by atoms with Gasteiger partial charge in [0.1, 0.15) is 22.8 Å². The van der Waals surface area contributed by atoms with Crippen LogP contribution in [0.2, 0.25) is 0 Å². The van der Waals surface area contributed by atoms with Gasteiger partial charge in [0.25, 0.3) is 5.91 Å². The molecule has 15 nitrogen and oxygen atoms in total. The number of fused-ring (bicyclic) bond motifs is 3. The number of amides is 1. The molecule has 10 N–H and O–H groups in total. The average Bonchev–Trinajstić information content (AvgIpc) is 2.85. The average molecular weight is 632 g/mol. The predicted octanol–water partition coefficient (Wildman–Crippen LogP) is -1.55. The van der Waals surface area contributed by atoms with Crippen LogP contribution in [0.25, 0.3) is 5.76 Å². The molecule has 3 aliphatic carbocycles. The van der Waals surface area contributed by atoms with Crippen LogP contribution in [0.15, 0.2) is 23.0 Å². The highest BCUT2D eigenvalue weighted by Crippen LogP contribution is 2.59. The van der Waals surface area contributed by atoms with Crippen LogP contribution in [-0.4, -0.2) is 104 Å². The molecular formula is C28H37N7O8S. The van der Waals surface area contributed by atoms with Crippen molar-refractivity contribution >= 4 is 38.9 Å². The largest absolute Gasteiger partial charge is 0.509 e. The fraction of sp³-hybridized carbons (Fsp3) is 0.500. The maximum Gasteiger partial charge on any atom is 0.255 e. The Morgan fingerprint density at radius 2 is 1.80 bits per heavy atom. The maximum absolute atomic E-state index is 14.5. The number of likely N-dealkylation sites (N-methyl/N-ethyl adjacent to an activating group) is 1. The van der Waals surface area contributed by atoms with Crippen molar-refractivity contribution in [2.75, 3.05) is 45.9 Å². The number of aryl methyl sites for hydroxylation is 1. The van der Waals surface area contributed by atoms with E-state index in [1.165, 1.54) is 19.0 Å². The fourth-order valence-corrected chi connectivity index (χ4v) is 7.58. The van der Waals surface area contributed by atoms with Crippen LogP contribution in [0, 0.1) is 16.7 Å². The number of phenols is 1. The molecule has 0 radical (unpaired) electrons. The lowest BCUT2D eigenvalue weighted by atomic mass is 9.47. The normalized spacial score (nSPS) is 28.4. The molecule has 0 aromatic heterocycles. The van der Waals surface area contributed by atoms with E-state index in [0.29, 0.717) is 16.8 Å². The van der Waals surface area contributed by atoms with Crippen LogP contribution in [0.4, 0.5) is 5.69 Å². The molecule has 0 bridgehead atoms. The monoisotopic (exact) mass is 631 g/mol. The number of anilines is 1. The minimum absolute atomic E-state index is 0.0764. The number of phenolic OH excluding ortho intramolecular Hbond substituents is 1. The summed E-state index contributed by atoms with van der Waals surface area (Å²) in [6, 6.07) is 1.92. The number of primary amides is 1. The van der Waals surface area contributed by atoms with Crippen molar-refractivity contribution < 1.29 is 38.1 Å². The smallest absolute Gasteiger partial charge is 0.255 e. The number of Topliss-reactive ketones (excluding diaryl/α,β-unsaturated/α-hetero) is 2. The molecule has 4 atom stereocenters. The number of aliphatic hydroxyl groups excluding tert-OH is 2. The molecule has 0 aliphatic heterocycles. The second-order valence-corrected chi connectivity index (χ2v) is 14.0. The minimum atomic E-state index is -3.44. The first kappa shape index (κ1) is 32.9. The number of nitrogens with one attached hydrogen (secondary N) is 1. The van der Waals surface area contributed by atoms with Crippen molar-refractivity contribution in [1.29, 1.82) is 5.26 Å². The summed E-state index contributed by atoms with van der Waals surface area (Å²) >= 11 is 0. The number of nitrogens with zero attached hydrogens (tertiary/aromatic N) is 3. The van der Waals surface area contributed by atoms with Gasteiger partial charge in [-0.3, -0.25) is 19.3 Å². The van der Waals surface area contributed by atoms with Gasteiger partial charge in [0.2, 0.25) is 10.0 Å². The van der Waals surface area contributed by atoms with E-state index >= 15 is 0 Å². The van der Waals surface area contributed by atoms with Gasteiger partial charge >= 0.3 is 0 Å². The van der Waals surface area contributed by atoms with Crippen LogP contribution in [0.1, 0.15) is 29.5 Å². The molecule has 0 spiro atoms. The van der Waals surface area contributed by atoms with E-state index in [1.54, 1.807) is 31.1 Å². The van der Waals surface area contributed by atoms with Crippen LogP contribution in [-0.2, 0) is 37.2 Å². The Kier molecular flexibility index (Phi) is 7.90. The Hall–Kier alpha value is -4.01. The molecule has 1 amide bonds. The first-order valence-corrected chi connectivity index (χ1v) is 15.5. The second kappa shape index (κ2) is 10.6. The van der Waals surface area contributed by atoms with Crippen LogP contribution in [0.5, 0.6) is 5.75 Å². The van der Waals surface area contributed by atoms with Gasteiger partial charge in [-0.05, 0) is 57.0 Å². The molecule has 0 saturated heterocycles. The molecule has 4 rings (SSSR count). The zero-order chi connectivity index (χ0) is 33.3. The van der Waals surface area contributed by atoms with E-state index in [9.17, 15) is 43.4 Å². The molecule has 16 heteroatoms. The predicted molar refractivity (Wildman–Crippen MR) is 160 cm³/mol. The summed E-state index contributed by atoms with van der Waals surface area (Å²) in [5.74, 6) is -5.95. The molecule has 238 valence electrons. The number of hydrogen-bond donors (Lipinski definition) is 7. The van der Waals surface area contributed by atoms with Gasteiger partial charge in [-0.25, -0.2) is 13.1 Å². The Morgan fingerprint density at radius 1 is 1.18 bits per heavy atom. The van der Waals surface area contributed by atoms with Crippen molar-refractivity contribution in [3.05, 3.63) is 39.7 Å². The summed E-state index contributed by atoms with van der Waals surface area (Å²) in [4.78, 5) is 43.4. The maximum atomic E-state index is 14.5. The van der Waals surface area contributed by atoms with Crippen molar-refractivity contribution in [2.24, 2.45) is 22.6 Å². The number of aromatic hydroxyl groups is 1. The van der Waals surface area contributed by atoms with Crippen LogP contribution < -0.4 is 26.8 Å². The van der Waals surface area contributed by atoms with Gasteiger partial charge in [0.15, 0.2) is 17.0 Å². The molecule has 3 aliphatic rings. The highest BCUT2D eigenvalue weighted by molar-refractivity contribution is 7.88. The first-order valence-electron chi connectivity index (χ1n) is 13.6. The van der Waals surface area contributed by atoms with Crippen molar-refractivity contribution in [2.45, 2.75) is 42.8 Å². The summed E-state index contributed by atoms with van der Waals surface area (Å²) in [5.41, 5.74) is 12.1. The molecule has 1 aromatic carbocycles. The number of benzene rings is 1. The standard InChI is InChI=1S/C28H37N7O8S/c1-34(2)15-9-13(7-6-8-33-44(5,42)43)19(36)16-14(15)10-26(31)11-28(32)22(35(3)4)21(38)17(25(30)41)23(39)27(28,12-29)24(40)18(26)20(16)37/h9,22,33,36-37,39H,6-8,10-11,31-32H2,1-5H3,(H2,30,41)/t22-,26-,27+,28-/m1/s1. The van der Waals surface area contributed by atoms with Gasteiger partial charge in [0.05, 0.1) is 40.6 Å². The number of hydrogen-bond acceptors (Lipinski definition) is 13. The third-order valence-corrected chi connectivity index (χ3v) is 9.50. The lowest BCUT2D eigenvalue weighted by molar-refractivity contribution is -0.139. The summed E-state index contributed by atoms with van der Waals surface area (Å²) in [7, 11) is 2.88. The summed E-state index contributed by atoms with van der Waals surface area (Å²) in [6.45, 7) is 0.0764. The number of nitrogens with two attached hydrogens (primary N) is 3. The van der Waals surface area contributed by atoms with Crippen LogP contribution in [0.3, 0.4) is 0 Å². The van der Waals surface area contributed by atoms with Crippen molar-refractivity contribution in [3.63, 3.8) is 0 Å². The van der Waals surface area contributed by atoms with E-state index in [0.717, 1.165) is 6.26 Å². The highest BCUT2D eigenvalue weighted by Gasteiger charge is 2.74. The molecule has 0 unspecified atom stereocenters. The number of sulfonamides is 1. The lowest BCUT2D eigenvalue weighted by Crippen LogP contribution is -2.80. The number of rotatable bonds is 8. The third kappa shape index (κ3) is 4.54. The number of aliphatic hydroxyl groups is 2. The van der Waals surface area contributed by atoms with Gasteiger partial charge in [-0.15, -0.1) is 0 Å². The number of carbonyl (C=O) groups is 3. The lowest BCUT2D eigenvalue weighted by Gasteiger charge is -2.58. The Labute approximate surface area is 254 Å². The van der Waals surface area contributed by atoms with Crippen LogP contribution >= 0.6 is 0 Å². The molecule has 1 saturated carbocycles. The van der Waals surface area contributed by atoms with Gasteiger partial charge in [-0.2, -0.15) is 5.26 Å². The quantitative estimate of drug-likeness (QED) is 0.127. The van der Waals surface area contributed by atoms with Gasteiger partial charge in [0, 0.05) is 26.3 Å². The summed E-state index contributed by atoms with van der Waals surface area (Å²) in [6.07, 6.45) is 0.830. The zero-order valence-corrected chi connectivity index (χ0v) is 25.9. The Morgan fingerprint density at radius 3 is 2.30 bits per heavy atom. The molecule has 44 heavy (non-hydrogen) atoms. The van der Waals surface area contributed by atoms with E-state index < -0.39 is 79.1 Å². The van der Waals surface area contributed by atoms with E-state index in [1.807, 2.05) is 0 Å². The van der Waals surface area contributed by atoms with E-state index in [4.69, 9.17) is 17.2 Å². The van der Waals surface area contributed by atoms with Gasteiger partial charge < -0.3 is 37.4 Å². The molecule has 1 aromatic rings.